The number of benzene rings is 1. The Labute approximate surface area is 104 Å². The summed E-state index contributed by atoms with van der Waals surface area (Å²) < 4.78 is 0. The molecule has 0 aliphatic carbocycles. The molecule has 1 fully saturated rings. The second kappa shape index (κ2) is 4.75. The molecule has 0 spiro atoms. The number of carbonyl (C=O) groups is 2. The summed E-state index contributed by atoms with van der Waals surface area (Å²) in [5, 5.41) is 5.96. The highest BCUT2D eigenvalue weighted by Gasteiger charge is 2.27. The predicted molar refractivity (Wildman–Crippen MR) is 66.0 cm³/mol. The summed E-state index contributed by atoms with van der Waals surface area (Å²) in [6, 6.07) is 4.90. The van der Waals surface area contributed by atoms with Crippen LogP contribution in [0.25, 0.3) is 0 Å². The quantitative estimate of drug-likeness (QED) is 0.844. The molecule has 0 radical (unpaired) electrons. The number of carbonyl (C=O) groups excluding carboxylic acids is 2. The van der Waals surface area contributed by atoms with E-state index in [1.807, 2.05) is 13.0 Å². The van der Waals surface area contributed by atoms with E-state index in [1.54, 1.807) is 12.1 Å². The van der Waals surface area contributed by atoms with E-state index in [0.29, 0.717) is 23.6 Å². The topological polar surface area (TPSA) is 58.2 Å². The maximum absolute atomic E-state index is 11.8. The van der Waals surface area contributed by atoms with Crippen molar-refractivity contribution in [3.63, 3.8) is 0 Å². The Bertz CT molecular complexity index is 474. The molecular weight excluding hydrogens is 240 g/mol. The normalized spacial score (nSPS) is 18.9. The smallest absolute Gasteiger partial charge is 0.246 e. The van der Waals surface area contributed by atoms with Crippen LogP contribution in [0.1, 0.15) is 18.4 Å². The molecule has 2 amide bonds. The summed E-state index contributed by atoms with van der Waals surface area (Å²) in [5.41, 5.74) is 1.60. The summed E-state index contributed by atoms with van der Waals surface area (Å²) in [5.74, 6) is -0.275. The van der Waals surface area contributed by atoms with Gasteiger partial charge in [0.1, 0.15) is 6.04 Å². The van der Waals surface area contributed by atoms with Crippen LogP contribution in [0.3, 0.4) is 0 Å². The molecule has 90 valence electrons. The van der Waals surface area contributed by atoms with Gasteiger partial charge in [-0.1, -0.05) is 17.7 Å². The average Bonchev–Trinajstić information content (AvgIpc) is 2.70. The van der Waals surface area contributed by atoms with Gasteiger partial charge in [0.25, 0.3) is 0 Å². The molecule has 2 rings (SSSR count). The molecule has 0 aromatic heterocycles. The molecule has 1 saturated heterocycles. The highest BCUT2D eigenvalue weighted by molar-refractivity contribution is 6.31. The Hall–Kier alpha value is -1.55. The monoisotopic (exact) mass is 252 g/mol. The second-order valence-electron chi connectivity index (χ2n) is 4.11. The van der Waals surface area contributed by atoms with Crippen LogP contribution in [-0.4, -0.2) is 17.9 Å². The van der Waals surface area contributed by atoms with Crippen molar-refractivity contribution in [2.75, 3.05) is 5.32 Å². The maximum Gasteiger partial charge on any atom is 0.246 e. The number of hydrogen-bond donors (Lipinski definition) is 2. The minimum Gasteiger partial charge on any atom is -0.344 e. The molecular formula is C12H13ClN2O2. The average molecular weight is 253 g/mol. The molecule has 1 heterocycles. The van der Waals surface area contributed by atoms with Crippen LogP contribution in [0, 0.1) is 6.92 Å². The number of anilines is 1. The molecule has 1 aromatic rings. The minimum atomic E-state index is -0.428. The van der Waals surface area contributed by atoms with Crippen molar-refractivity contribution < 1.29 is 9.59 Å². The van der Waals surface area contributed by atoms with Gasteiger partial charge in [-0.25, -0.2) is 0 Å². The van der Waals surface area contributed by atoms with E-state index in [0.717, 1.165) is 5.56 Å². The lowest BCUT2D eigenvalue weighted by molar-refractivity contribution is -0.122. The van der Waals surface area contributed by atoms with Gasteiger partial charge in [0.05, 0.1) is 0 Å². The van der Waals surface area contributed by atoms with Gasteiger partial charge in [-0.05, 0) is 31.0 Å². The Morgan fingerprint density at radius 3 is 2.88 bits per heavy atom. The van der Waals surface area contributed by atoms with E-state index in [9.17, 15) is 9.59 Å². The lowest BCUT2D eigenvalue weighted by Crippen LogP contribution is -2.37. The molecule has 2 N–H and O–H groups in total. The van der Waals surface area contributed by atoms with Gasteiger partial charge in [-0.3, -0.25) is 9.59 Å². The second-order valence-corrected chi connectivity index (χ2v) is 4.52. The first-order chi connectivity index (χ1) is 8.06. The number of amides is 2. The Kier molecular flexibility index (Phi) is 3.33. The van der Waals surface area contributed by atoms with E-state index in [2.05, 4.69) is 10.6 Å². The fourth-order valence-corrected chi connectivity index (χ4v) is 1.89. The first-order valence-electron chi connectivity index (χ1n) is 5.42. The molecule has 4 nitrogen and oxygen atoms in total. The number of nitrogens with one attached hydrogen (secondary N) is 2. The predicted octanol–water partition coefficient (Wildman–Crippen LogP) is 1.87. The number of hydrogen-bond acceptors (Lipinski definition) is 2. The van der Waals surface area contributed by atoms with Crippen LogP contribution in [0.4, 0.5) is 5.69 Å². The lowest BCUT2D eigenvalue weighted by atomic mass is 10.2. The van der Waals surface area contributed by atoms with Crippen molar-refractivity contribution in [2.45, 2.75) is 25.8 Å². The zero-order valence-electron chi connectivity index (χ0n) is 9.42. The zero-order chi connectivity index (χ0) is 12.4. The van der Waals surface area contributed by atoms with E-state index < -0.39 is 6.04 Å². The summed E-state index contributed by atoms with van der Waals surface area (Å²) >= 11 is 5.96. The summed E-state index contributed by atoms with van der Waals surface area (Å²) in [7, 11) is 0. The van der Waals surface area contributed by atoms with Crippen LogP contribution in [-0.2, 0) is 9.59 Å². The fourth-order valence-electron chi connectivity index (χ4n) is 1.71. The fraction of sp³-hybridized carbons (Fsp3) is 0.333. The third-order valence-corrected chi connectivity index (χ3v) is 3.16. The third kappa shape index (κ3) is 2.77. The molecule has 1 aliphatic heterocycles. The molecule has 1 aliphatic rings. The van der Waals surface area contributed by atoms with E-state index in [4.69, 9.17) is 11.6 Å². The Morgan fingerprint density at radius 2 is 2.29 bits per heavy atom. The van der Waals surface area contributed by atoms with E-state index >= 15 is 0 Å². The van der Waals surface area contributed by atoms with Crippen LogP contribution in [0.2, 0.25) is 5.02 Å². The summed E-state index contributed by atoms with van der Waals surface area (Å²) in [4.78, 5) is 22.8. The number of rotatable bonds is 2. The molecule has 0 unspecified atom stereocenters. The maximum atomic E-state index is 11.8. The van der Waals surface area contributed by atoms with Gasteiger partial charge in [-0.15, -0.1) is 0 Å². The summed E-state index contributed by atoms with van der Waals surface area (Å²) in [6.07, 6.45) is 0.955. The first-order valence-corrected chi connectivity index (χ1v) is 5.80. The highest BCUT2D eigenvalue weighted by Crippen LogP contribution is 2.20. The van der Waals surface area contributed by atoms with Gasteiger partial charge >= 0.3 is 0 Å². The number of halogens is 1. The highest BCUT2D eigenvalue weighted by atomic mass is 35.5. The van der Waals surface area contributed by atoms with Crippen molar-refractivity contribution in [1.82, 2.24) is 5.32 Å². The van der Waals surface area contributed by atoms with Gasteiger partial charge < -0.3 is 10.6 Å². The van der Waals surface area contributed by atoms with Crippen molar-refractivity contribution >= 4 is 29.1 Å². The van der Waals surface area contributed by atoms with Crippen LogP contribution in [0.15, 0.2) is 18.2 Å². The lowest BCUT2D eigenvalue weighted by Gasteiger charge is -2.11. The molecule has 0 saturated carbocycles. The van der Waals surface area contributed by atoms with Crippen molar-refractivity contribution in [3.8, 4) is 0 Å². The van der Waals surface area contributed by atoms with Crippen LogP contribution >= 0.6 is 11.6 Å². The van der Waals surface area contributed by atoms with Gasteiger partial charge in [-0.2, -0.15) is 0 Å². The molecule has 5 heteroatoms. The molecule has 0 bridgehead atoms. The minimum absolute atomic E-state index is 0.0768. The van der Waals surface area contributed by atoms with Gasteiger partial charge in [0, 0.05) is 17.1 Å². The van der Waals surface area contributed by atoms with Crippen LogP contribution < -0.4 is 10.6 Å². The van der Waals surface area contributed by atoms with Crippen LogP contribution in [0.5, 0.6) is 0 Å². The third-order valence-electron chi connectivity index (χ3n) is 2.75. The number of aryl methyl sites for hydroxylation is 1. The van der Waals surface area contributed by atoms with Gasteiger partial charge in [0.2, 0.25) is 11.8 Å². The van der Waals surface area contributed by atoms with Gasteiger partial charge in [0.15, 0.2) is 0 Å². The largest absolute Gasteiger partial charge is 0.344 e. The molecule has 17 heavy (non-hydrogen) atoms. The zero-order valence-corrected chi connectivity index (χ0v) is 10.2. The SMILES string of the molecule is Cc1ccc(NC(=O)[C@H]2CCC(=O)N2)cc1Cl. The first kappa shape index (κ1) is 11.9. The van der Waals surface area contributed by atoms with Crippen molar-refractivity contribution in [1.29, 1.82) is 0 Å². The van der Waals surface area contributed by atoms with Crippen molar-refractivity contribution in [3.05, 3.63) is 28.8 Å². The Balaban J connectivity index is 2.03. The molecule has 1 aromatic carbocycles. The van der Waals surface area contributed by atoms with E-state index in [1.165, 1.54) is 0 Å². The molecule has 1 atom stereocenters. The van der Waals surface area contributed by atoms with Crippen molar-refractivity contribution in [2.24, 2.45) is 0 Å². The Morgan fingerprint density at radius 1 is 1.53 bits per heavy atom. The standard InChI is InChI=1S/C12H13ClN2O2/c1-7-2-3-8(6-9(7)13)14-12(17)10-4-5-11(16)15-10/h2-3,6,10H,4-5H2,1H3,(H,14,17)(H,15,16)/t10-/m1/s1. The summed E-state index contributed by atoms with van der Waals surface area (Å²) in [6.45, 7) is 1.89. The van der Waals surface area contributed by atoms with E-state index in [-0.39, 0.29) is 11.8 Å².